The Morgan fingerprint density at radius 2 is 1.81 bits per heavy atom. The standard InChI is InChI=1S/C25H20O6/c1-28-19-9-5-8-18(12-19)13-23-25(27)21-11-10-20(14-22(21)31-23)29-16-24(26)30-15-17-6-3-2-4-7-17/h2-14H,15-16H2,1H3/b23-13-. The minimum absolute atomic E-state index is 0.184. The number of hydrogen-bond donors (Lipinski definition) is 0. The van der Waals surface area contributed by atoms with Crippen LogP contribution in [0.2, 0.25) is 0 Å². The molecule has 3 aromatic rings. The molecule has 0 saturated heterocycles. The third kappa shape index (κ3) is 4.93. The van der Waals surface area contributed by atoms with Crippen LogP contribution in [0.3, 0.4) is 0 Å². The summed E-state index contributed by atoms with van der Waals surface area (Å²) in [4.78, 5) is 24.5. The highest BCUT2D eigenvalue weighted by molar-refractivity contribution is 6.14. The molecule has 4 rings (SSSR count). The number of ketones is 1. The van der Waals surface area contributed by atoms with Crippen LogP contribution in [0.4, 0.5) is 0 Å². The van der Waals surface area contributed by atoms with Crippen molar-refractivity contribution in [3.63, 3.8) is 0 Å². The van der Waals surface area contributed by atoms with Gasteiger partial charge in [0.05, 0.1) is 12.7 Å². The maximum atomic E-state index is 12.6. The van der Waals surface area contributed by atoms with Crippen LogP contribution >= 0.6 is 0 Å². The summed E-state index contributed by atoms with van der Waals surface area (Å²) >= 11 is 0. The van der Waals surface area contributed by atoms with Crippen molar-refractivity contribution in [2.24, 2.45) is 0 Å². The minimum atomic E-state index is -0.486. The second-order valence-electron chi connectivity index (χ2n) is 6.81. The molecule has 0 unspecified atom stereocenters. The number of esters is 1. The fourth-order valence-electron chi connectivity index (χ4n) is 3.06. The summed E-state index contributed by atoms with van der Waals surface area (Å²) in [6, 6.07) is 21.5. The monoisotopic (exact) mass is 416 g/mol. The molecule has 0 bridgehead atoms. The summed E-state index contributed by atoms with van der Waals surface area (Å²) in [5, 5.41) is 0. The zero-order valence-electron chi connectivity index (χ0n) is 16.9. The van der Waals surface area contributed by atoms with Crippen LogP contribution in [0.5, 0.6) is 17.2 Å². The zero-order valence-corrected chi connectivity index (χ0v) is 16.9. The largest absolute Gasteiger partial charge is 0.497 e. The molecule has 1 aliphatic rings. The van der Waals surface area contributed by atoms with Crippen LogP contribution in [0.15, 0.2) is 78.6 Å². The van der Waals surface area contributed by atoms with Crippen LogP contribution in [-0.4, -0.2) is 25.5 Å². The molecule has 0 amide bonds. The predicted octanol–water partition coefficient (Wildman–Crippen LogP) is 4.43. The Labute approximate surface area is 179 Å². The van der Waals surface area contributed by atoms with Crippen LogP contribution in [0.1, 0.15) is 21.5 Å². The lowest BCUT2D eigenvalue weighted by Gasteiger charge is -2.08. The van der Waals surface area contributed by atoms with E-state index < -0.39 is 5.97 Å². The van der Waals surface area contributed by atoms with Gasteiger partial charge in [-0.25, -0.2) is 4.79 Å². The Bertz CT molecular complexity index is 1130. The predicted molar refractivity (Wildman–Crippen MR) is 114 cm³/mol. The molecule has 0 aromatic heterocycles. The number of Topliss-reactive ketones (excluding diaryl/α,β-unsaturated/α-hetero) is 1. The average Bonchev–Trinajstić information content (AvgIpc) is 3.11. The molecule has 31 heavy (non-hydrogen) atoms. The van der Waals surface area contributed by atoms with E-state index in [0.717, 1.165) is 11.1 Å². The molecular formula is C25H20O6. The normalized spacial score (nSPS) is 13.5. The molecular weight excluding hydrogens is 396 g/mol. The van der Waals surface area contributed by atoms with Crippen LogP contribution in [0.25, 0.3) is 6.08 Å². The Morgan fingerprint density at radius 3 is 2.61 bits per heavy atom. The van der Waals surface area contributed by atoms with Gasteiger partial charge < -0.3 is 18.9 Å². The van der Waals surface area contributed by atoms with Crippen molar-refractivity contribution >= 4 is 17.8 Å². The van der Waals surface area contributed by atoms with E-state index in [1.54, 1.807) is 31.4 Å². The molecule has 0 fully saturated rings. The van der Waals surface area contributed by atoms with Gasteiger partial charge in [-0.3, -0.25) is 4.79 Å². The molecule has 0 radical (unpaired) electrons. The van der Waals surface area contributed by atoms with Gasteiger partial charge in [0.25, 0.3) is 0 Å². The first kappa shape index (κ1) is 20.2. The van der Waals surface area contributed by atoms with Gasteiger partial charge in [-0.05, 0) is 41.5 Å². The first-order valence-corrected chi connectivity index (χ1v) is 9.67. The topological polar surface area (TPSA) is 71.1 Å². The number of fused-ring (bicyclic) bond motifs is 1. The highest BCUT2D eigenvalue weighted by atomic mass is 16.6. The maximum Gasteiger partial charge on any atom is 0.344 e. The summed E-state index contributed by atoms with van der Waals surface area (Å²) in [7, 11) is 1.58. The Kier molecular flexibility index (Phi) is 5.98. The Morgan fingerprint density at radius 1 is 0.968 bits per heavy atom. The third-order valence-corrected chi connectivity index (χ3v) is 4.63. The van der Waals surface area contributed by atoms with E-state index in [0.29, 0.717) is 22.8 Å². The Hall–Kier alpha value is -4.06. The summed E-state index contributed by atoms with van der Waals surface area (Å²) in [6.45, 7) is -0.0602. The van der Waals surface area contributed by atoms with Crippen LogP contribution < -0.4 is 14.2 Å². The lowest BCUT2D eigenvalue weighted by Crippen LogP contribution is -2.14. The van der Waals surface area contributed by atoms with Gasteiger partial charge >= 0.3 is 5.97 Å². The van der Waals surface area contributed by atoms with E-state index in [2.05, 4.69) is 0 Å². The molecule has 156 valence electrons. The molecule has 3 aromatic carbocycles. The molecule has 0 spiro atoms. The van der Waals surface area contributed by atoms with E-state index in [9.17, 15) is 9.59 Å². The minimum Gasteiger partial charge on any atom is -0.497 e. The molecule has 1 aliphatic heterocycles. The van der Waals surface area contributed by atoms with Crippen molar-refractivity contribution in [3.05, 3.63) is 95.2 Å². The van der Waals surface area contributed by atoms with Crippen LogP contribution in [-0.2, 0) is 16.1 Å². The second kappa shape index (κ2) is 9.17. The number of ether oxygens (including phenoxy) is 4. The van der Waals surface area contributed by atoms with Gasteiger partial charge in [0.2, 0.25) is 5.78 Å². The third-order valence-electron chi connectivity index (χ3n) is 4.63. The van der Waals surface area contributed by atoms with Gasteiger partial charge in [0.15, 0.2) is 12.4 Å². The average molecular weight is 416 g/mol. The second-order valence-corrected chi connectivity index (χ2v) is 6.81. The first-order valence-electron chi connectivity index (χ1n) is 9.67. The van der Waals surface area contributed by atoms with Crippen molar-refractivity contribution in [2.75, 3.05) is 13.7 Å². The number of methoxy groups -OCH3 is 1. The van der Waals surface area contributed by atoms with Gasteiger partial charge in [-0.2, -0.15) is 0 Å². The number of allylic oxidation sites excluding steroid dienone is 1. The van der Waals surface area contributed by atoms with Crippen molar-refractivity contribution in [2.45, 2.75) is 6.61 Å². The van der Waals surface area contributed by atoms with Gasteiger partial charge in [0, 0.05) is 6.07 Å². The molecule has 0 N–H and O–H groups in total. The number of hydrogen-bond acceptors (Lipinski definition) is 6. The van der Waals surface area contributed by atoms with Crippen molar-refractivity contribution in [1.29, 1.82) is 0 Å². The van der Waals surface area contributed by atoms with Gasteiger partial charge in [-0.1, -0.05) is 42.5 Å². The van der Waals surface area contributed by atoms with E-state index in [4.69, 9.17) is 18.9 Å². The fourth-order valence-corrected chi connectivity index (χ4v) is 3.06. The summed E-state index contributed by atoms with van der Waals surface area (Å²) in [5.74, 6) is 0.988. The van der Waals surface area contributed by atoms with Gasteiger partial charge in [-0.15, -0.1) is 0 Å². The smallest absolute Gasteiger partial charge is 0.344 e. The van der Waals surface area contributed by atoms with E-state index in [-0.39, 0.29) is 24.8 Å². The molecule has 0 saturated carbocycles. The Balaban J connectivity index is 1.37. The lowest BCUT2D eigenvalue weighted by molar-refractivity contribution is -0.147. The SMILES string of the molecule is COc1cccc(/C=C2\Oc3cc(OCC(=O)OCc4ccccc4)ccc3C2=O)c1. The molecule has 0 atom stereocenters. The number of carbonyl (C=O) groups is 2. The van der Waals surface area contributed by atoms with Crippen LogP contribution in [0, 0.1) is 0 Å². The van der Waals surface area contributed by atoms with E-state index >= 15 is 0 Å². The molecule has 6 nitrogen and oxygen atoms in total. The highest BCUT2D eigenvalue weighted by Gasteiger charge is 2.27. The highest BCUT2D eigenvalue weighted by Crippen LogP contribution is 2.35. The first-order chi connectivity index (χ1) is 15.1. The molecule has 0 aliphatic carbocycles. The van der Waals surface area contributed by atoms with Crippen molar-refractivity contribution in [3.8, 4) is 17.2 Å². The molecule has 6 heteroatoms. The summed E-state index contributed by atoms with van der Waals surface area (Å²) in [6.07, 6.45) is 1.66. The number of benzene rings is 3. The quantitative estimate of drug-likeness (QED) is 0.419. The van der Waals surface area contributed by atoms with Gasteiger partial charge in [0.1, 0.15) is 23.9 Å². The summed E-state index contributed by atoms with van der Waals surface area (Å²) in [5.41, 5.74) is 2.12. The van der Waals surface area contributed by atoms with E-state index in [1.165, 1.54) is 0 Å². The summed E-state index contributed by atoms with van der Waals surface area (Å²) < 4.78 is 21.6. The number of carbonyl (C=O) groups excluding carboxylic acids is 2. The number of rotatable bonds is 7. The van der Waals surface area contributed by atoms with E-state index in [1.807, 2.05) is 54.6 Å². The lowest BCUT2D eigenvalue weighted by atomic mass is 10.1. The maximum absolute atomic E-state index is 12.6. The zero-order chi connectivity index (χ0) is 21.6. The fraction of sp³-hybridized carbons (Fsp3) is 0.120. The van der Waals surface area contributed by atoms with Crippen molar-refractivity contribution < 1.29 is 28.5 Å². The molecule has 1 heterocycles. The van der Waals surface area contributed by atoms with Crippen molar-refractivity contribution in [1.82, 2.24) is 0 Å².